The average molecular weight is 479 g/mol. The van der Waals surface area contributed by atoms with Gasteiger partial charge in [-0.15, -0.1) is 11.8 Å². The second-order valence-corrected chi connectivity index (χ2v) is 10.3. The van der Waals surface area contributed by atoms with Gasteiger partial charge in [0.25, 0.3) is 0 Å². The highest BCUT2D eigenvalue weighted by Crippen LogP contribution is 2.46. The average Bonchev–Trinajstić information content (AvgIpc) is 3.44. The lowest BCUT2D eigenvalue weighted by molar-refractivity contribution is -0.0177. The molecule has 0 radical (unpaired) electrons. The minimum Gasteiger partial charge on any atom is -0.508 e. The number of thioether (sulfide) groups is 1. The Kier molecular flexibility index (Phi) is 6.66. The number of benzene rings is 1. The Morgan fingerprint density at radius 3 is 2.71 bits per heavy atom. The van der Waals surface area contributed by atoms with Gasteiger partial charge in [-0.05, 0) is 67.1 Å². The summed E-state index contributed by atoms with van der Waals surface area (Å²) in [6, 6.07) is 6.69. The van der Waals surface area contributed by atoms with Gasteiger partial charge in [-0.2, -0.15) is 0 Å². The van der Waals surface area contributed by atoms with E-state index in [-0.39, 0.29) is 34.7 Å². The number of allylic oxidation sites excluding steroid dienone is 4. The molecular weight excluding hydrogens is 448 g/mol. The topological polar surface area (TPSA) is 75.8 Å². The number of aromatic nitrogens is 1. The normalized spacial score (nSPS) is 24.8. The van der Waals surface area contributed by atoms with Crippen LogP contribution < -0.4 is 0 Å². The van der Waals surface area contributed by atoms with Gasteiger partial charge in [-0.1, -0.05) is 31.2 Å². The molecule has 2 aromatic rings. The maximum absolute atomic E-state index is 13.8. The van der Waals surface area contributed by atoms with Crippen LogP contribution in [-0.4, -0.2) is 46.7 Å². The second-order valence-electron chi connectivity index (χ2n) is 9.23. The molecule has 1 aromatic carbocycles. The first kappa shape index (κ1) is 23.0. The summed E-state index contributed by atoms with van der Waals surface area (Å²) in [5, 5.41) is 16.2. The van der Waals surface area contributed by atoms with Crippen molar-refractivity contribution in [3.8, 4) is 17.1 Å². The maximum atomic E-state index is 13.8. The Hall–Kier alpha value is -2.77. The summed E-state index contributed by atoms with van der Waals surface area (Å²) in [4.78, 5) is 16.2. The minimum absolute atomic E-state index is 0.00309. The van der Waals surface area contributed by atoms with Crippen LogP contribution in [0.5, 0.6) is 5.75 Å². The van der Waals surface area contributed by atoms with Gasteiger partial charge in [0.05, 0.1) is 10.8 Å². The standard InChI is InChI=1S/C27H30N2O4S/c1-3-13-29-15-22(16-29)32-21-10-6-18(7-11-21)25(31)23-24(27-17(2)12-14-34-27)28-33-26(23)19-4-8-20(30)9-5-19/h4-6,8-12,14,17-18,22,27,30H,3,7,13,15-16H2,1-2H3/t17?,18-,27+/m0/s1. The molecule has 1 saturated heterocycles. The fraction of sp³-hybridized carbons (Fsp3) is 0.407. The maximum Gasteiger partial charge on any atom is 0.178 e. The predicted molar refractivity (Wildman–Crippen MR) is 134 cm³/mol. The van der Waals surface area contributed by atoms with Crippen LogP contribution in [-0.2, 0) is 4.74 Å². The van der Waals surface area contributed by atoms with Gasteiger partial charge >= 0.3 is 0 Å². The molecule has 1 aromatic heterocycles. The van der Waals surface area contributed by atoms with Gasteiger partial charge in [0.2, 0.25) is 0 Å². The lowest BCUT2D eigenvalue weighted by atomic mass is 9.87. The number of likely N-dealkylation sites (tertiary alicyclic amines) is 1. The number of ketones is 1. The highest BCUT2D eigenvalue weighted by atomic mass is 32.2. The summed E-state index contributed by atoms with van der Waals surface area (Å²) >= 11 is 1.66. The molecule has 2 aliphatic heterocycles. The number of nitrogens with zero attached hydrogens (tertiary/aromatic N) is 2. The molecule has 7 heteroatoms. The van der Waals surface area contributed by atoms with Crippen molar-refractivity contribution in [3.63, 3.8) is 0 Å². The van der Waals surface area contributed by atoms with E-state index in [1.807, 2.05) is 18.2 Å². The van der Waals surface area contributed by atoms with Crippen molar-refractivity contribution in [2.24, 2.45) is 11.8 Å². The van der Waals surface area contributed by atoms with Crippen molar-refractivity contribution in [1.82, 2.24) is 10.1 Å². The summed E-state index contributed by atoms with van der Waals surface area (Å²) < 4.78 is 11.9. The molecule has 3 atom stereocenters. The second kappa shape index (κ2) is 9.84. The first-order chi connectivity index (χ1) is 16.5. The lowest BCUT2D eigenvalue weighted by Gasteiger charge is -2.39. The first-order valence-electron chi connectivity index (χ1n) is 12.0. The molecule has 1 fully saturated rings. The number of ether oxygens (including phenoxy) is 1. The van der Waals surface area contributed by atoms with E-state index in [2.05, 4.69) is 35.4 Å². The summed E-state index contributed by atoms with van der Waals surface area (Å²) in [6.45, 7) is 7.36. The van der Waals surface area contributed by atoms with Crippen LogP contribution in [0, 0.1) is 11.8 Å². The summed E-state index contributed by atoms with van der Waals surface area (Å²) in [6.07, 6.45) is 10.00. The summed E-state index contributed by atoms with van der Waals surface area (Å²) in [5.74, 6) is 1.43. The molecule has 3 aliphatic rings. The third kappa shape index (κ3) is 4.59. The molecular formula is C27H30N2O4S. The monoisotopic (exact) mass is 478 g/mol. The SMILES string of the molecule is CCCN1CC(OC2=CC[C@@H](C(=O)c3c([C@@H]4SC=CC4C)noc3-c3ccc(O)cc3)C=C2)C1. The third-order valence-electron chi connectivity index (χ3n) is 6.62. The molecule has 1 unspecified atom stereocenters. The summed E-state index contributed by atoms with van der Waals surface area (Å²) in [7, 11) is 0. The highest BCUT2D eigenvalue weighted by molar-refractivity contribution is 8.02. The van der Waals surface area contributed by atoms with Crippen LogP contribution in [0.25, 0.3) is 11.3 Å². The first-order valence-corrected chi connectivity index (χ1v) is 12.9. The van der Waals surface area contributed by atoms with Crippen molar-refractivity contribution in [2.75, 3.05) is 19.6 Å². The zero-order chi connectivity index (χ0) is 23.7. The number of carbonyl (C=O) groups excluding carboxylic acids is 1. The molecule has 178 valence electrons. The Balaban J connectivity index is 1.35. The Morgan fingerprint density at radius 1 is 1.26 bits per heavy atom. The van der Waals surface area contributed by atoms with E-state index in [1.165, 1.54) is 0 Å². The van der Waals surface area contributed by atoms with Crippen molar-refractivity contribution in [2.45, 2.75) is 38.0 Å². The fourth-order valence-corrected chi connectivity index (χ4v) is 5.83. The van der Waals surface area contributed by atoms with Crippen molar-refractivity contribution >= 4 is 17.5 Å². The molecule has 1 aliphatic carbocycles. The van der Waals surface area contributed by atoms with Crippen LogP contribution in [0.15, 0.2) is 64.3 Å². The van der Waals surface area contributed by atoms with Gasteiger partial charge in [0.15, 0.2) is 11.5 Å². The van der Waals surface area contributed by atoms with E-state index >= 15 is 0 Å². The van der Waals surface area contributed by atoms with E-state index in [1.54, 1.807) is 36.0 Å². The van der Waals surface area contributed by atoms with Gasteiger partial charge in [-0.3, -0.25) is 9.69 Å². The Labute approximate surface area is 204 Å². The number of phenolic OH excluding ortho intramolecular Hbond substituents is 1. The van der Waals surface area contributed by atoms with E-state index in [0.717, 1.165) is 37.4 Å². The number of aromatic hydroxyl groups is 1. The molecule has 3 heterocycles. The molecule has 1 N–H and O–H groups in total. The largest absolute Gasteiger partial charge is 0.508 e. The van der Waals surface area contributed by atoms with Crippen LogP contribution in [0.1, 0.15) is 48.0 Å². The number of rotatable bonds is 8. The molecule has 34 heavy (non-hydrogen) atoms. The highest BCUT2D eigenvalue weighted by Gasteiger charge is 2.35. The lowest BCUT2D eigenvalue weighted by Crippen LogP contribution is -2.52. The zero-order valence-electron chi connectivity index (χ0n) is 19.5. The van der Waals surface area contributed by atoms with Gasteiger partial charge in [-0.25, -0.2) is 0 Å². The molecule has 6 nitrogen and oxygen atoms in total. The van der Waals surface area contributed by atoms with Crippen LogP contribution in [0.3, 0.4) is 0 Å². The number of hydrogen-bond acceptors (Lipinski definition) is 7. The number of phenols is 1. The third-order valence-corrected chi connectivity index (χ3v) is 7.88. The smallest absolute Gasteiger partial charge is 0.178 e. The van der Waals surface area contributed by atoms with E-state index < -0.39 is 0 Å². The van der Waals surface area contributed by atoms with E-state index in [4.69, 9.17) is 9.26 Å². The molecule has 0 spiro atoms. The zero-order valence-corrected chi connectivity index (χ0v) is 20.3. The van der Waals surface area contributed by atoms with Gasteiger partial charge in [0.1, 0.15) is 23.3 Å². The predicted octanol–water partition coefficient (Wildman–Crippen LogP) is 5.74. The quantitative estimate of drug-likeness (QED) is 0.485. The molecule has 0 amide bonds. The molecule has 0 saturated carbocycles. The van der Waals surface area contributed by atoms with Crippen molar-refractivity contribution in [1.29, 1.82) is 0 Å². The number of Topliss-reactive ketones (excluding diaryl/α,β-unsaturated/α-hetero) is 1. The van der Waals surface area contributed by atoms with Gasteiger partial charge in [0, 0.05) is 24.6 Å². The van der Waals surface area contributed by atoms with Crippen LogP contribution in [0.2, 0.25) is 0 Å². The van der Waals surface area contributed by atoms with Gasteiger partial charge < -0.3 is 14.4 Å². The fourth-order valence-electron chi connectivity index (χ4n) is 4.69. The molecule has 5 rings (SSSR count). The minimum atomic E-state index is -0.297. The van der Waals surface area contributed by atoms with Crippen molar-refractivity contribution < 1.29 is 19.2 Å². The molecule has 0 bridgehead atoms. The summed E-state index contributed by atoms with van der Waals surface area (Å²) in [5.41, 5.74) is 1.96. The Morgan fingerprint density at radius 2 is 2.06 bits per heavy atom. The Bertz CT molecular complexity index is 1130. The van der Waals surface area contributed by atoms with E-state index in [0.29, 0.717) is 23.4 Å². The number of hydrogen-bond donors (Lipinski definition) is 1. The number of carbonyl (C=O) groups is 1. The van der Waals surface area contributed by atoms with Crippen LogP contribution in [0.4, 0.5) is 0 Å². The van der Waals surface area contributed by atoms with Crippen molar-refractivity contribution in [3.05, 3.63) is 71.0 Å². The van der Waals surface area contributed by atoms with E-state index in [9.17, 15) is 9.90 Å². The van der Waals surface area contributed by atoms with Crippen LogP contribution >= 0.6 is 11.8 Å².